The van der Waals surface area contributed by atoms with Crippen LogP contribution >= 0.6 is 23.1 Å². The Morgan fingerprint density at radius 2 is 1.83 bits per heavy atom. The Labute approximate surface area is 143 Å². The zero-order valence-corrected chi connectivity index (χ0v) is 14.2. The van der Waals surface area contributed by atoms with Crippen molar-refractivity contribution in [2.24, 2.45) is 0 Å². The number of carbonyl (C=O) groups is 1. The van der Waals surface area contributed by atoms with Gasteiger partial charge in [0.05, 0.1) is 5.69 Å². The molecule has 1 heterocycles. The summed E-state index contributed by atoms with van der Waals surface area (Å²) in [5.41, 5.74) is 3.93. The lowest BCUT2D eigenvalue weighted by Gasteiger charge is -1.96. The first-order chi connectivity index (χ1) is 11.2. The van der Waals surface area contributed by atoms with Gasteiger partial charge in [-0.2, -0.15) is 0 Å². The molecule has 0 radical (unpaired) electrons. The number of thioether (sulfide) groups is 1. The molecular weight excluding hydrogens is 322 g/mol. The summed E-state index contributed by atoms with van der Waals surface area (Å²) in [6.45, 7) is 2.01. The van der Waals surface area contributed by atoms with Crippen LogP contribution in [-0.4, -0.2) is 10.8 Å². The number of aromatic nitrogens is 1. The molecule has 0 atom stereocenters. The minimum atomic E-state index is 0.0114. The number of ketones is 1. The van der Waals surface area contributed by atoms with Crippen molar-refractivity contribution in [3.8, 4) is 11.3 Å². The molecule has 0 N–H and O–H groups in total. The Morgan fingerprint density at radius 1 is 1.09 bits per heavy atom. The second kappa shape index (κ2) is 7.40. The third kappa shape index (κ3) is 4.18. The summed E-state index contributed by atoms with van der Waals surface area (Å²) in [5, 5.41) is 3.84. The van der Waals surface area contributed by atoms with Crippen LogP contribution < -0.4 is 0 Å². The monoisotopic (exact) mass is 337 g/mol. The molecule has 0 bridgehead atoms. The third-order valence-electron chi connectivity index (χ3n) is 3.28. The molecule has 0 amide bonds. The Morgan fingerprint density at radius 3 is 2.57 bits per heavy atom. The Hall–Kier alpha value is -2.17. The number of allylic oxidation sites excluding steroid dienone is 1. The fraction of sp³-hybridized carbons (Fsp3) is 0.0526. The summed E-state index contributed by atoms with van der Waals surface area (Å²) < 4.78 is 0.928. The van der Waals surface area contributed by atoms with Crippen molar-refractivity contribution >= 4 is 28.9 Å². The topological polar surface area (TPSA) is 30.0 Å². The van der Waals surface area contributed by atoms with Gasteiger partial charge in [-0.15, -0.1) is 11.3 Å². The van der Waals surface area contributed by atoms with Crippen molar-refractivity contribution in [2.75, 3.05) is 0 Å². The van der Waals surface area contributed by atoms with Gasteiger partial charge in [0.25, 0.3) is 0 Å². The van der Waals surface area contributed by atoms with Crippen molar-refractivity contribution in [3.05, 3.63) is 82.6 Å². The maximum absolute atomic E-state index is 12.1. The predicted molar refractivity (Wildman–Crippen MR) is 98.1 cm³/mol. The van der Waals surface area contributed by atoms with Gasteiger partial charge in [0.15, 0.2) is 10.1 Å². The molecule has 114 valence electrons. The molecular formula is C19H15NOS2. The quantitative estimate of drug-likeness (QED) is 0.344. The van der Waals surface area contributed by atoms with Gasteiger partial charge in [0.2, 0.25) is 0 Å². The van der Waals surface area contributed by atoms with Gasteiger partial charge < -0.3 is 0 Å². The Balaban J connectivity index is 1.63. The average Bonchev–Trinajstić information content (AvgIpc) is 3.05. The summed E-state index contributed by atoms with van der Waals surface area (Å²) in [7, 11) is 0. The fourth-order valence-corrected chi connectivity index (χ4v) is 3.57. The molecule has 4 heteroatoms. The molecule has 3 aromatic rings. The Kier molecular flexibility index (Phi) is 5.05. The van der Waals surface area contributed by atoms with E-state index in [2.05, 4.69) is 4.98 Å². The van der Waals surface area contributed by atoms with Gasteiger partial charge in [-0.1, -0.05) is 71.9 Å². The highest BCUT2D eigenvalue weighted by molar-refractivity contribution is 8.03. The van der Waals surface area contributed by atoms with Crippen molar-refractivity contribution in [1.29, 1.82) is 0 Å². The molecule has 0 aliphatic heterocycles. The molecule has 0 saturated heterocycles. The molecule has 2 aromatic carbocycles. The van der Waals surface area contributed by atoms with E-state index in [0.717, 1.165) is 21.2 Å². The first-order valence-corrected chi connectivity index (χ1v) is 8.93. The van der Waals surface area contributed by atoms with Gasteiger partial charge in [-0.25, -0.2) is 4.98 Å². The number of nitrogens with zero attached hydrogens (tertiary/aromatic N) is 1. The van der Waals surface area contributed by atoms with Crippen molar-refractivity contribution in [2.45, 2.75) is 11.3 Å². The van der Waals surface area contributed by atoms with Gasteiger partial charge >= 0.3 is 0 Å². The van der Waals surface area contributed by atoms with E-state index in [0.29, 0.717) is 5.56 Å². The highest BCUT2D eigenvalue weighted by Crippen LogP contribution is 2.28. The molecule has 23 heavy (non-hydrogen) atoms. The van der Waals surface area contributed by atoms with E-state index in [9.17, 15) is 4.79 Å². The first-order valence-electron chi connectivity index (χ1n) is 7.17. The summed E-state index contributed by atoms with van der Waals surface area (Å²) in [4.78, 5) is 16.6. The van der Waals surface area contributed by atoms with E-state index >= 15 is 0 Å². The number of carbonyl (C=O) groups excluding carboxylic acids is 1. The van der Waals surface area contributed by atoms with E-state index in [-0.39, 0.29) is 5.78 Å². The largest absolute Gasteiger partial charge is 0.289 e. The second-order valence-corrected chi connectivity index (χ2v) is 7.03. The van der Waals surface area contributed by atoms with Crippen LogP contribution in [0.4, 0.5) is 0 Å². The zero-order chi connectivity index (χ0) is 16.1. The normalized spacial score (nSPS) is 11.0. The molecule has 0 fully saturated rings. The maximum atomic E-state index is 12.1. The van der Waals surface area contributed by atoms with Crippen LogP contribution in [0.25, 0.3) is 11.3 Å². The summed E-state index contributed by atoms with van der Waals surface area (Å²) in [6.07, 6.45) is 1.60. The lowest BCUT2D eigenvalue weighted by molar-refractivity contribution is 0.104. The molecule has 0 spiro atoms. The van der Waals surface area contributed by atoms with Crippen LogP contribution in [0.2, 0.25) is 0 Å². The van der Waals surface area contributed by atoms with E-state index in [1.54, 1.807) is 22.8 Å². The molecule has 0 unspecified atom stereocenters. The number of hydrogen-bond acceptors (Lipinski definition) is 4. The van der Waals surface area contributed by atoms with E-state index in [4.69, 9.17) is 0 Å². The lowest BCUT2D eigenvalue weighted by Crippen LogP contribution is -1.93. The summed E-state index contributed by atoms with van der Waals surface area (Å²) >= 11 is 3.05. The summed E-state index contributed by atoms with van der Waals surface area (Å²) in [6, 6.07) is 17.7. The third-order valence-corrected chi connectivity index (χ3v) is 5.05. The number of hydrogen-bond donors (Lipinski definition) is 0. The summed E-state index contributed by atoms with van der Waals surface area (Å²) in [5.74, 6) is 0.0114. The van der Waals surface area contributed by atoms with Crippen LogP contribution in [0.15, 0.2) is 75.8 Å². The van der Waals surface area contributed by atoms with Crippen LogP contribution in [-0.2, 0) is 0 Å². The predicted octanol–water partition coefficient (Wildman–Crippen LogP) is 5.61. The van der Waals surface area contributed by atoms with E-state index in [1.165, 1.54) is 11.8 Å². The molecule has 1 aromatic heterocycles. The number of thiazole rings is 1. The van der Waals surface area contributed by atoms with Crippen molar-refractivity contribution in [3.63, 3.8) is 0 Å². The van der Waals surface area contributed by atoms with Crippen LogP contribution in [0.3, 0.4) is 0 Å². The molecule has 0 aliphatic carbocycles. The zero-order valence-electron chi connectivity index (χ0n) is 12.6. The lowest BCUT2D eigenvalue weighted by atomic mass is 10.1. The molecule has 0 saturated carbocycles. The number of aryl methyl sites for hydroxylation is 1. The average molecular weight is 337 g/mol. The van der Waals surface area contributed by atoms with Gasteiger partial charge in [0.1, 0.15) is 0 Å². The minimum absolute atomic E-state index is 0.0114. The molecule has 2 nitrogen and oxygen atoms in total. The Bertz CT molecular complexity index is 820. The van der Waals surface area contributed by atoms with E-state index in [1.807, 2.05) is 66.9 Å². The highest BCUT2D eigenvalue weighted by atomic mass is 32.2. The number of benzene rings is 2. The SMILES string of the molecule is Cc1ccc(C(=O)/C=C\Sc2nc(-c3ccccc3)cs2)cc1. The highest BCUT2D eigenvalue weighted by Gasteiger charge is 2.04. The molecule has 0 aliphatic rings. The van der Waals surface area contributed by atoms with Crippen LogP contribution in [0.5, 0.6) is 0 Å². The van der Waals surface area contributed by atoms with E-state index < -0.39 is 0 Å². The fourth-order valence-electron chi connectivity index (χ4n) is 2.02. The standard InChI is InChI=1S/C19H15NOS2/c1-14-7-9-16(10-8-14)18(21)11-12-22-19-20-17(13-23-19)15-5-3-2-4-6-15/h2-13H,1H3/b12-11-. The van der Waals surface area contributed by atoms with Crippen molar-refractivity contribution < 1.29 is 4.79 Å². The van der Waals surface area contributed by atoms with Crippen LogP contribution in [0, 0.1) is 6.92 Å². The second-order valence-electron chi connectivity index (χ2n) is 5.02. The van der Waals surface area contributed by atoms with Crippen molar-refractivity contribution in [1.82, 2.24) is 4.98 Å². The van der Waals surface area contributed by atoms with Gasteiger partial charge in [-0.3, -0.25) is 4.79 Å². The van der Waals surface area contributed by atoms with Gasteiger partial charge in [0, 0.05) is 16.5 Å². The van der Waals surface area contributed by atoms with Crippen LogP contribution in [0.1, 0.15) is 15.9 Å². The molecule has 3 rings (SSSR count). The smallest absolute Gasteiger partial charge is 0.186 e. The van der Waals surface area contributed by atoms with Gasteiger partial charge in [-0.05, 0) is 18.4 Å². The number of rotatable bonds is 5. The maximum Gasteiger partial charge on any atom is 0.186 e. The minimum Gasteiger partial charge on any atom is -0.289 e. The first kappa shape index (κ1) is 15.7.